The van der Waals surface area contributed by atoms with Crippen LogP contribution in [-0.2, 0) is 0 Å². The van der Waals surface area contributed by atoms with Gasteiger partial charge >= 0.3 is 0 Å². The minimum Gasteiger partial charge on any atom is -0.492 e. The van der Waals surface area contributed by atoms with Gasteiger partial charge < -0.3 is 5.11 Å². The summed E-state index contributed by atoms with van der Waals surface area (Å²) in [6.07, 6.45) is 1.77. The molecular formula is C6H5N3O. The summed E-state index contributed by atoms with van der Waals surface area (Å²) in [5.41, 5.74) is 0.840. The molecule has 2 heterocycles. The Bertz CT molecular complexity index is 355. The maximum absolute atomic E-state index is 8.86. The molecule has 4 heteroatoms. The third-order valence-electron chi connectivity index (χ3n) is 1.28. The van der Waals surface area contributed by atoms with Crippen molar-refractivity contribution in [2.24, 2.45) is 0 Å². The highest BCUT2D eigenvalue weighted by molar-refractivity contribution is 5.47. The topological polar surface area (TPSA) is 50.4 Å². The first kappa shape index (κ1) is 5.22. The largest absolute Gasteiger partial charge is 0.492 e. The van der Waals surface area contributed by atoms with E-state index in [2.05, 4.69) is 10.3 Å². The van der Waals surface area contributed by atoms with Gasteiger partial charge in [-0.3, -0.25) is 0 Å². The second kappa shape index (κ2) is 1.70. The first-order valence-electron chi connectivity index (χ1n) is 2.86. The van der Waals surface area contributed by atoms with Gasteiger partial charge in [-0.15, -0.1) is 0 Å². The minimum absolute atomic E-state index is 0.0498. The zero-order chi connectivity index (χ0) is 6.97. The summed E-state index contributed by atoms with van der Waals surface area (Å²) in [4.78, 5) is 0. The van der Waals surface area contributed by atoms with Crippen LogP contribution in [0.25, 0.3) is 5.52 Å². The lowest BCUT2D eigenvalue weighted by molar-refractivity contribution is 0.440. The molecule has 0 radical (unpaired) electrons. The van der Waals surface area contributed by atoms with Crippen LogP contribution in [0, 0.1) is 0 Å². The van der Waals surface area contributed by atoms with E-state index < -0.39 is 0 Å². The molecule has 2 aromatic heterocycles. The van der Waals surface area contributed by atoms with Gasteiger partial charge in [0.15, 0.2) is 0 Å². The Balaban J connectivity index is 2.86. The van der Waals surface area contributed by atoms with Gasteiger partial charge in [0.05, 0.1) is 5.52 Å². The third kappa shape index (κ3) is 0.621. The van der Waals surface area contributed by atoms with E-state index in [0.29, 0.717) is 0 Å². The van der Waals surface area contributed by atoms with Crippen LogP contribution in [0.4, 0.5) is 0 Å². The van der Waals surface area contributed by atoms with Crippen LogP contribution in [0.3, 0.4) is 0 Å². The van der Waals surface area contributed by atoms with E-state index in [0.717, 1.165) is 5.52 Å². The molecule has 0 aliphatic rings. The number of hydrogen-bond acceptors (Lipinski definition) is 3. The summed E-state index contributed by atoms with van der Waals surface area (Å²) in [6.45, 7) is 0. The van der Waals surface area contributed by atoms with Gasteiger partial charge in [-0.05, 0) is 12.1 Å². The van der Waals surface area contributed by atoms with Gasteiger partial charge in [0.1, 0.15) is 0 Å². The van der Waals surface area contributed by atoms with Crippen LogP contribution in [-0.4, -0.2) is 19.9 Å². The molecular weight excluding hydrogens is 130 g/mol. The highest BCUT2D eigenvalue weighted by atomic mass is 16.3. The fraction of sp³-hybridized carbons (Fsp3) is 0. The van der Waals surface area contributed by atoms with Gasteiger partial charge in [-0.1, -0.05) is 10.3 Å². The smallest absolute Gasteiger partial charge is 0.234 e. The van der Waals surface area contributed by atoms with Crippen molar-refractivity contribution in [1.29, 1.82) is 0 Å². The number of fused-ring (bicyclic) bond motifs is 1. The van der Waals surface area contributed by atoms with E-state index in [1.54, 1.807) is 16.8 Å². The highest BCUT2D eigenvalue weighted by Gasteiger charge is 1.93. The predicted molar refractivity (Wildman–Crippen MR) is 34.7 cm³/mol. The second-order valence-corrected chi connectivity index (χ2v) is 1.97. The third-order valence-corrected chi connectivity index (χ3v) is 1.28. The van der Waals surface area contributed by atoms with E-state index in [1.807, 2.05) is 12.1 Å². The Morgan fingerprint density at radius 1 is 1.50 bits per heavy atom. The molecule has 0 aliphatic heterocycles. The van der Waals surface area contributed by atoms with Crippen LogP contribution in [0.15, 0.2) is 24.4 Å². The Labute approximate surface area is 56.7 Å². The minimum atomic E-state index is -0.0498. The van der Waals surface area contributed by atoms with Gasteiger partial charge in [-0.25, -0.2) is 4.52 Å². The monoisotopic (exact) mass is 135 g/mol. The molecule has 0 spiro atoms. The SMILES string of the molecule is Oc1cc2cccn2nn1. The van der Waals surface area contributed by atoms with Crippen molar-refractivity contribution >= 4 is 5.52 Å². The van der Waals surface area contributed by atoms with Crippen molar-refractivity contribution in [1.82, 2.24) is 14.8 Å². The Morgan fingerprint density at radius 3 is 3.30 bits per heavy atom. The maximum Gasteiger partial charge on any atom is 0.234 e. The molecule has 0 unspecified atom stereocenters. The molecule has 0 saturated heterocycles. The molecule has 50 valence electrons. The molecule has 1 N–H and O–H groups in total. The molecule has 2 rings (SSSR count). The normalized spacial score (nSPS) is 10.4. The van der Waals surface area contributed by atoms with E-state index in [1.165, 1.54) is 0 Å². The van der Waals surface area contributed by atoms with E-state index >= 15 is 0 Å². The molecule has 0 atom stereocenters. The molecule has 10 heavy (non-hydrogen) atoms. The van der Waals surface area contributed by atoms with Crippen molar-refractivity contribution in [3.05, 3.63) is 24.4 Å². The zero-order valence-corrected chi connectivity index (χ0v) is 5.10. The van der Waals surface area contributed by atoms with Gasteiger partial charge in [-0.2, -0.15) is 0 Å². The standard InChI is InChI=1S/C6H5N3O/c10-6-4-5-2-1-3-9(5)8-7-6/h1-4,10H. The lowest BCUT2D eigenvalue weighted by Crippen LogP contribution is -1.91. The molecule has 0 saturated carbocycles. The van der Waals surface area contributed by atoms with Crippen LogP contribution >= 0.6 is 0 Å². The average Bonchev–Trinajstić information content (AvgIpc) is 2.33. The summed E-state index contributed by atoms with van der Waals surface area (Å²) in [7, 11) is 0. The molecule has 0 bridgehead atoms. The number of aromatic hydroxyl groups is 1. The molecule has 0 aliphatic carbocycles. The Kier molecular flexibility index (Phi) is 0.887. The predicted octanol–water partition coefficient (Wildman–Crippen LogP) is 0.435. The van der Waals surface area contributed by atoms with Gasteiger partial charge in [0.2, 0.25) is 5.88 Å². The van der Waals surface area contributed by atoms with Gasteiger partial charge in [0.25, 0.3) is 0 Å². The number of aromatic nitrogens is 3. The van der Waals surface area contributed by atoms with Crippen molar-refractivity contribution in [2.75, 3.05) is 0 Å². The molecule has 4 nitrogen and oxygen atoms in total. The number of rotatable bonds is 0. The maximum atomic E-state index is 8.86. The first-order chi connectivity index (χ1) is 4.86. The molecule has 0 fully saturated rings. The van der Waals surface area contributed by atoms with Crippen molar-refractivity contribution < 1.29 is 5.11 Å². The number of hydrogen-bond donors (Lipinski definition) is 1. The van der Waals surface area contributed by atoms with Crippen molar-refractivity contribution in [3.63, 3.8) is 0 Å². The lowest BCUT2D eigenvalue weighted by atomic mass is 10.5. The zero-order valence-electron chi connectivity index (χ0n) is 5.10. The lowest BCUT2D eigenvalue weighted by Gasteiger charge is -1.90. The summed E-state index contributed by atoms with van der Waals surface area (Å²) >= 11 is 0. The van der Waals surface area contributed by atoms with Crippen molar-refractivity contribution in [3.8, 4) is 5.88 Å². The quantitative estimate of drug-likeness (QED) is 0.570. The molecule has 0 aromatic carbocycles. The first-order valence-corrected chi connectivity index (χ1v) is 2.86. The summed E-state index contributed by atoms with van der Waals surface area (Å²) < 4.78 is 1.58. The molecule has 2 aromatic rings. The van der Waals surface area contributed by atoms with Crippen molar-refractivity contribution in [2.45, 2.75) is 0 Å². The van der Waals surface area contributed by atoms with Crippen LogP contribution in [0.2, 0.25) is 0 Å². The van der Waals surface area contributed by atoms with Crippen LogP contribution < -0.4 is 0 Å². The number of nitrogens with zero attached hydrogens (tertiary/aromatic N) is 3. The summed E-state index contributed by atoms with van der Waals surface area (Å²) in [5.74, 6) is -0.0498. The summed E-state index contributed by atoms with van der Waals surface area (Å²) in [5, 5.41) is 16.0. The van der Waals surface area contributed by atoms with Gasteiger partial charge in [0, 0.05) is 12.3 Å². The molecule has 0 amide bonds. The summed E-state index contributed by atoms with van der Waals surface area (Å²) in [6, 6.07) is 5.23. The highest BCUT2D eigenvalue weighted by Crippen LogP contribution is 2.06. The van der Waals surface area contributed by atoms with E-state index in [4.69, 9.17) is 5.11 Å². The van der Waals surface area contributed by atoms with Crippen LogP contribution in [0.1, 0.15) is 0 Å². The van der Waals surface area contributed by atoms with E-state index in [9.17, 15) is 0 Å². The van der Waals surface area contributed by atoms with Crippen LogP contribution in [0.5, 0.6) is 5.88 Å². The second-order valence-electron chi connectivity index (χ2n) is 1.97. The average molecular weight is 135 g/mol. The fourth-order valence-electron chi connectivity index (χ4n) is 0.836. The van der Waals surface area contributed by atoms with E-state index in [-0.39, 0.29) is 5.88 Å². The Morgan fingerprint density at radius 2 is 2.40 bits per heavy atom. The Hall–Kier alpha value is -1.58. The fourth-order valence-corrected chi connectivity index (χ4v) is 0.836.